The number of carbonyl (C=O) groups excluding carboxylic acids is 1. The molecule has 0 aromatic carbocycles. The summed E-state index contributed by atoms with van der Waals surface area (Å²) in [5.74, 6) is 1.60. The molecule has 2 aromatic rings. The summed E-state index contributed by atoms with van der Waals surface area (Å²) >= 11 is 1.70. The van der Waals surface area contributed by atoms with E-state index in [-0.39, 0.29) is 23.4 Å². The summed E-state index contributed by atoms with van der Waals surface area (Å²) in [5.41, 5.74) is 1.23. The van der Waals surface area contributed by atoms with Gasteiger partial charge in [-0.05, 0) is 63.5 Å². The maximum atomic E-state index is 13.0. The Morgan fingerprint density at radius 2 is 2.16 bits per heavy atom. The van der Waals surface area contributed by atoms with Gasteiger partial charge in [0.1, 0.15) is 10.7 Å². The molecule has 0 bridgehead atoms. The van der Waals surface area contributed by atoms with Crippen molar-refractivity contribution in [1.82, 2.24) is 20.2 Å². The summed E-state index contributed by atoms with van der Waals surface area (Å²) in [6.07, 6.45) is 9.79. The number of aryl methyl sites for hydroxylation is 1. The van der Waals surface area contributed by atoms with Gasteiger partial charge in [-0.2, -0.15) is 0 Å². The maximum Gasteiger partial charge on any atom is 0.259 e. The third-order valence-electron chi connectivity index (χ3n) is 7.28. The molecule has 3 heterocycles. The van der Waals surface area contributed by atoms with Crippen LogP contribution < -0.4 is 10.9 Å². The molecule has 1 saturated heterocycles. The molecule has 2 aromatic heterocycles. The number of fused-ring (bicyclic) bond motifs is 3. The predicted octanol–water partition coefficient (Wildman–Crippen LogP) is 4.58. The number of carbonyl (C=O) groups is 1. The molecule has 1 amide bonds. The van der Waals surface area contributed by atoms with Crippen molar-refractivity contribution in [2.75, 3.05) is 19.6 Å². The molecule has 1 aliphatic heterocycles. The number of aromatic amines is 1. The fraction of sp³-hybridized carbons (Fsp3) is 0.720. The lowest BCUT2D eigenvalue weighted by Crippen LogP contribution is -2.44. The van der Waals surface area contributed by atoms with Crippen LogP contribution in [0.15, 0.2) is 4.79 Å². The smallest absolute Gasteiger partial charge is 0.259 e. The van der Waals surface area contributed by atoms with E-state index in [2.05, 4.69) is 36.0 Å². The first kappa shape index (κ1) is 23.4. The van der Waals surface area contributed by atoms with Crippen molar-refractivity contribution < 1.29 is 4.79 Å². The summed E-state index contributed by atoms with van der Waals surface area (Å²) in [4.78, 5) is 38.2. The van der Waals surface area contributed by atoms with Crippen molar-refractivity contribution in [1.29, 1.82) is 0 Å². The predicted molar refractivity (Wildman–Crippen MR) is 131 cm³/mol. The lowest BCUT2D eigenvalue weighted by atomic mass is 9.89. The van der Waals surface area contributed by atoms with Crippen molar-refractivity contribution in [3.05, 3.63) is 26.6 Å². The average Bonchev–Trinajstić information content (AvgIpc) is 3.16. The first-order valence-corrected chi connectivity index (χ1v) is 13.4. The van der Waals surface area contributed by atoms with E-state index in [9.17, 15) is 9.59 Å². The minimum absolute atomic E-state index is 0.00212. The summed E-state index contributed by atoms with van der Waals surface area (Å²) in [6, 6.07) is -0.00898. The molecule has 3 unspecified atom stereocenters. The second kappa shape index (κ2) is 10.5. The Morgan fingerprint density at radius 1 is 1.31 bits per heavy atom. The molecule has 1 fully saturated rings. The van der Waals surface area contributed by atoms with Gasteiger partial charge in [-0.25, -0.2) is 4.98 Å². The standard InChI is InChI=1S/C25H38N4O2S/c1-4-5-6-7-12-26-23(30)18-9-8-13-29(15-18)17(3)22-27-24(31)21-19-11-10-16(2)14-20(19)32-25(21)28-22/h16-18H,4-15H2,1-3H3,(H,26,30)(H,27,28,31). The normalized spacial score (nSPS) is 22.6. The van der Waals surface area contributed by atoms with E-state index in [0.717, 1.165) is 74.2 Å². The number of piperidine rings is 1. The molecule has 0 spiro atoms. The van der Waals surface area contributed by atoms with Crippen LogP contribution in [0, 0.1) is 11.8 Å². The van der Waals surface area contributed by atoms with E-state index in [1.807, 2.05) is 0 Å². The highest BCUT2D eigenvalue weighted by atomic mass is 32.1. The van der Waals surface area contributed by atoms with Crippen LogP contribution in [0.4, 0.5) is 0 Å². The van der Waals surface area contributed by atoms with Crippen molar-refractivity contribution in [2.24, 2.45) is 11.8 Å². The van der Waals surface area contributed by atoms with Crippen LogP contribution in [-0.4, -0.2) is 40.4 Å². The van der Waals surface area contributed by atoms with Crippen molar-refractivity contribution in [3.63, 3.8) is 0 Å². The Bertz CT molecular complexity index is 998. The minimum Gasteiger partial charge on any atom is -0.356 e. The molecular weight excluding hydrogens is 420 g/mol. The van der Waals surface area contributed by atoms with Gasteiger partial charge in [0.2, 0.25) is 5.91 Å². The first-order chi connectivity index (χ1) is 15.5. The Kier molecular flexibility index (Phi) is 7.66. The van der Waals surface area contributed by atoms with Crippen LogP contribution in [0.25, 0.3) is 10.2 Å². The van der Waals surface area contributed by atoms with Crippen LogP contribution in [0.3, 0.4) is 0 Å². The third-order valence-corrected chi connectivity index (χ3v) is 8.43. The third kappa shape index (κ3) is 5.09. The Morgan fingerprint density at radius 3 is 2.97 bits per heavy atom. The van der Waals surface area contributed by atoms with Crippen molar-refractivity contribution in [3.8, 4) is 0 Å². The number of likely N-dealkylation sites (tertiary alicyclic amines) is 1. The zero-order chi connectivity index (χ0) is 22.7. The second-order valence-corrected chi connectivity index (χ2v) is 10.9. The number of hydrogen-bond donors (Lipinski definition) is 2. The molecule has 176 valence electrons. The lowest BCUT2D eigenvalue weighted by molar-refractivity contribution is -0.127. The Hall–Kier alpha value is -1.73. The number of unbranched alkanes of at least 4 members (excludes halogenated alkanes) is 3. The highest BCUT2D eigenvalue weighted by Gasteiger charge is 2.30. The van der Waals surface area contributed by atoms with Gasteiger partial charge in [0.25, 0.3) is 5.56 Å². The van der Waals surface area contributed by atoms with Gasteiger partial charge in [-0.15, -0.1) is 11.3 Å². The number of thiophene rings is 1. The fourth-order valence-electron chi connectivity index (χ4n) is 5.22. The van der Waals surface area contributed by atoms with E-state index in [4.69, 9.17) is 4.98 Å². The van der Waals surface area contributed by atoms with Gasteiger partial charge >= 0.3 is 0 Å². The molecule has 2 N–H and O–H groups in total. The van der Waals surface area contributed by atoms with Gasteiger partial charge in [-0.3, -0.25) is 14.5 Å². The molecule has 0 radical (unpaired) electrons. The van der Waals surface area contributed by atoms with Gasteiger partial charge in [0, 0.05) is 18.0 Å². The van der Waals surface area contributed by atoms with E-state index >= 15 is 0 Å². The van der Waals surface area contributed by atoms with Gasteiger partial charge < -0.3 is 10.3 Å². The highest BCUT2D eigenvalue weighted by molar-refractivity contribution is 7.18. The maximum absolute atomic E-state index is 13.0. The number of nitrogens with zero attached hydrogens (tertiary/aromatic N) is 2. The quantitative estimate of drug-likeness (QED) is 0.568. The molecule has 1 aliphatic carbocycles. The summed E-state index contributed by atoms with van der Waals surface area (Å²) < 4.78 is 0. The Labute approximate surface area is 195 Å². The fourth-order valence-corrected chi connectivity index (χ4v) is 6.61. The van der Waals surface area contributed by atoms with Crippen LogP contribution >= 0.6 is 11.3 Å². The van der Waals surface area contributed by atoms with E-state index in [1.165, 1.54) is 29.7 Å². The highest BCUT2D eigenvalue weighted by Crippen LogP contribution is 2.36. The summed E-state index contributed by atoms with van der Waals surface area (Å²) in [6.45, 7) is 9.02. The number of hydrogen-bond acceptors (Lipinski definition) is 5. The molecule has 32 heavy (non-hydrogen) atoms. The van der Waals surface area contributed by atoms with Gasteiger partial charge in [-0.1, -0.05) is 33.1 Å². The second-order valence-electron chi connectivity index (χ2n) is 9.84. The number of amides is 1. The summed E-state index contributed by atoms with van der Waals surface area (Å²) in [7, 11) is 0. The van der Waals surface area contributed by atoms with Crippen LogP contribution in [-0.2, 0) is 17.6 Å². The molecule has 4 rings (SSSR count). The molecule has 2 aliphatic rings. The number of nitrogens with one attached hydrogen (secondary N) is 2. The zero-order valence-corrected chi connectivity index (χ0v) is 20.7. The minimum atomic E-state index is -0.00898. The average molecular weight is 459 g/mol. The van der Waals surface area contributed by atoms with E-state index in [1.54, 1.807) is 11.3 Å². The number of H-pyrrole nitrogens is 1. The topological polar surface area (TPSA) is 78.1 Å². The van der Waals surface area contributed by atoms with Crippen molar-refractivity contribution in [2.45, 2.75) is 84.6 Å². The Balaban J connectivity index is 1.44. The lowest BCUT2D eigenvalue weighted by Gasteiger charge is -2.35. The molecule has 7 heteroatoms. The number of aromatic nitrogens is 2. The van der Waals surface area contributed by atoms with E-state index in [0.29, 0.717) is 5.92 Å². The van der Waals surface area contributed by atoms with E-state index < -0.39 is 0 Å². The SMILES string of the molecule is CCCCCCNC(=O)C1CCCN(C(C)c2nc3sc4c(c3c(=O)[nH]2)CCC(C)C4)C1. The van der Waals surface area contributed by atoms with Crippen LogP contribution in [0.5, 0.6) is 0 Å². The van der Waals surface area contributed by atoms with Gasteiger partial charge in [0.15, 0.2) is 0 Å². The molecule has 3 atom stereocenters. The molecular formula is C25H38N4O2S. The first-order valence-electron chi connectivity index (χ1n) is 12.5. The van der Waals surface area contributed by atoms with Gasteiger partial charge in [0.05, 0.1) is 17.3 Å². The van der Waals surface area contributed by atoms with Crippen LogP contribution in [0.2, 0.25) is 0 Å². The van der Waals surface area contributed by atoms with Crippen molar-refractivity contribution >= 4 is 27.5 Å². The zero-order valence-electron chi connectivity index (χ0n) is 19.8. The summed E-state index contributed by atoms with van der Waals surface area (Å²) in [5, 5.41) is 3.95. The largest absolute Gasteiger partial charge is 0.356 e. The number of rotatable bonds is 8. The molecule has 0 saturated carbocycles. The monoisotopic (exact) mass is 458 g/mol. The molecule has 6 nitrogen and oxygen atoms in total. The van der Waals surface area contributed by atoms with Crippen LogP contribution in [0.1, 0.15) is 88.0 Å².